The molecular formula is C32H40N4O3S. The first-order chi connectivity index (χ1) is 19.4. The zero-order chi connectivity index (χ0) is 27.9. The van der Waals surface area contributed by atoms with Crippen LogP contribution in [0.5, 0.6) is 0 Å². The zero-order valence-corrected chi connectivity index (χ0v) is 24.6. The molecule has 0 N–H and O–H groups in total. The summed E-state index contributed by atoms with van der Waals surface area (Å²) in [4.78, 5) is 6.93. The summed E-state index contributed by atoms with van der Waals surface area (Å²) in [6.07, 6.45) is 9.67. The molecule has 3 aliphatic heterocycles. The Morgan fingerprint density at radius 1 is 1.00 bits per heavy atom. The SMILES string of the molecule is COCC1[C@@H](c2ccc(-c3cccc(C)c3C)cc2)[C@@H]2CN(S(=O)(=O)c3cnc4n3CCCCC4)C/C=C\CN12. The fourth-order valence-electron chi connectivity index (χ4n) is 6.84. The largest absolute Gasteiger partial charge is 0.383 e. The molecule has 0 bridgehead atoms. The highest BCUT2D eigenvalue weighted by atomic mass is 32.2. The van der Waals surface area contributed by atoms with E-state index >= 15 is 0 Å². The standard InChI is InChI=1S/C32H40N4O3S/c1-23-10-9-11-27(24(23)2)25-13-15-26(16-14-25)32-28-21-34(17-7-8-18-35(28)29(32)22-39-3)40(37,38)31-20-33-30-12-5-4-6-19-36(30)31/h7-11,13-16,20,28-29,32H,4-6,12,17-19,21-22H2,1-3H3/b8-7-/t28-,29?,32-/m0/s1. The number of benzene rings is 2. The second-order valence-electron chi connectivity index (χ2n) is 11.5. The summed E-state index contributed by atoms with van der Waals surface area (Å²) in [5.74, 6) is 1.07. The van der Waals surface area contributed by atoms with Gasteiger partial charge in [-0.1, -0.05) is 61.0 Å². The minimum absolute atomic E-state index is 0.0676. The molecule has 1 unspecified atom stereocenters. The van der Waals surface area contributed by atoms with Crippen molar-refractivity contribution >= 4 is 10.0 Å². The van der Waals surface area contributed by atoms with Crippen LogP contribution in [0, 0.1) is 13.8 Å². The predicted molar refractivity (Wildman–Crippen MR) is 158 cm³/mol. The van der Waals surface area contributed by atoms with Crippen LogP contribution in [-0.2, 0) is 27.7 Å². The van der Waals surface area contributed by atoms with Crippen LogP contribution >= 0.6 is 0 Å². The summed E-state index contributed by atoms with van der Waals surface area (Å²) in [7, 11) is -1.95. The van der Waals surface area contributed by atoms with Crippen LogP contribution in [0.3, 0.4) is 0 Å². The van der Waals surface area contributed by atoms with Gasteiger partial charge in [-0.15, -0.1) is 0 Å². The Bertz CT molecular complexity index is 1490. The van der Waals surface area contributed by atoms with Crippen LogP contribution in [0.25, 0.3) is 11.1 Å². The van der Waals surface area contributed by atoms with E-state index < -0.39 is 10.0 Å². The van der Waals surface area contributed by atoms with E-state index in [4.69, 9.17) is 4.74 Å². The fourth-order valence-corrected chi connectivity index (χ4v) is 8.39. The number of rotatable bonds is 6. The number of methoxy groups -OCH3 is 1. The molecule has 8 heteroatoms. The van der Waals surface area contributed by atoms with Crippen molar-refractivity contribution in [1.29, 1.82) is 0 Å². The second-order valence-corrected chi connectivity index (χ2v) is 13.3. The number of sulfonamides is 1. The Hall–Kier alpha value is -2.78. The number of hydrogen-bond donors (Lipinski definition) is 0. The molecule has 3 aliphatic rings. The van der Waals surface area contributed by atoms with Crippen LogP contribution < -0.4 is 0 Å². The van der Waals surface area contributed by atoms with Gasteiger partial charge in [-0.25, -0.2) is 13.4 Å². The van der Waals surface area contributed by atoms with Crippen LogP contribution in [0.15, 0.2) is 65.8 Å². The molecule has 0 saturated carbocycles. The Morgan fingerprint density at radius 2 is 1.80 bits per heavy atom. The molecule has 6 rings (SSSR count). The molecule has 1 saturated heterocycles. The highest BCUT2D eigenvalue weighted by molar-refractivity contribution is 7.89. The van der Waals surface area contributed by atoms with Crippen molar-refractivity contribution in [2.75, 3.05) is 33.4 Å². The number of nitrogens with zero attached hydrogens (tertiary/aromatic N) is 4. The molecule has 1 fully saturated rings. The molecule has 212 valence electrons. The normalized spacial score (nSPS) is 24.7. The minimum Gasteiger partial charge on any atom is -0.383 e. The maximum atomic E-state index is 14.1. The molecule has 3 atom stereocenters. The number of aryl methyl sites for hydroxylation is 2. The van der Waals surface area contributed by atoms with Crippen molar-refractivity contribution in [3.8, 4) is 11.1 Å². The van der Waals surface area contributed by atoms with E-state index in [2.05, 4.69) is 72.3 Å². The van der Waals surface area contributed by atoms with Crippen molar-refractivity contribution < 1.29 is 13.2 Å². The van der Waals surface area contributed by atoms with Gasteiger partial charge in [-0.05, 0) is 54.5 Å². The van der Waals surface area contributed by atoms with E-state index in [-0.39, 0.29) is 18.0 Å². The lowest BCUT2D eigenvalue weighted by molar-refractivity contribution is -0.0508. The highest BCUT2D eigenvalue weighted by Gasteiger charge is 2.50. The van der Waals surface area contributed by atoms with Gasteiger partial charge in [-0.3, -0.25) is 4.90 Å². The Morgan fingerprint density at radius 3 is 2.60 bits per heavy atom. The summed E-state index contributed by atoms with van der Waals surface area (Å²) in [5.41, 5.74) is 6.28. The lowest BCUT2D eigenvalue weighted by atomic mass is 9.74. The monoisotopic (exact) mass is 560 g/mol. The van der Waals surface area contributed by atoms with Gasteiger partial charge in [0.15, 0.2) is 5.03 Å². The van der Waals surface area contributed by atoms with Gasteiger partial charge in [0.25, 0.3) is 10.0 Å². The van der Waals surface area contributed by atoms with Gasteiger partial charge in [0, 0.05) is 57.7 Å². The molecule has 0 aliphatic carbocycles. The number of hydrogen-bond acceptors (Lipinski definition) is 5. The van der Waals surface area contributed by atoms with Gasteiger partial charge >= 0.3 is 0 Å². The molecule has 2 aromatic carbocycles. The summed E-state index contributed by atoms with van der Waals surface area (Å²) in [6.45, 7) is 7.26. The van der Waals surface area contributed by atoms with Crippen LogP contribution in [0.1, 0.15) is 47.7 Å². The van der Waals surface area contributed by atoms with Crippen LogP contribution in [0.4, 0.5) is 0 Å². The zero-order valence-electron chi connectivity index (χ0n) is 23.8. The quantitative estimate of drug-likeness (QED) is 0.400. The predicted octanol–water partition coefficient (Wildman–Crippen LogP) is 4.94. The van der Waals surface area contributed by atoms with E-state index in [0.29, 0.717) is 31.3 Å². The number of fused-ring (bicyclic) bond motifs is 2. The lowest BCUT2D eigenvalue weighted by Gasteiger charge is -2.56. The number of aromatic nitrogens is 2. The van der Waals surface area contributed by atoms with Crippen molar-refractivity contribution in [3.63, 3.8) is 0 Å². The minimum atomic E-state index is -3.70. The van der Waals surface area contributed by atoms with Crippen molar-refractivity contribution in [1.82, 2.24) is 18.8 Å². The van der Waals surface area contributed by atoms with Crippen molar-refractivity contribution in [2.45, 2.75) is 69.1 Å². The molecule has 0 amide bonds. The van der Waals surface area contributed by atoms with E-state index in [1.165, 1.54) is 27.8 Å². The Labute approximate surface area is 238 Å². The van der Waals surface area contributed by atoms with E-state index in [9.17, 15) is 8.42 Å². The maximum Gasteiger partial charge on any atom is 0.260 e. The molecule has 4 heterocycles. The molecule has 0 radical (unpaired) electrons. The lowest BCUT2D eigenvalue weighted by Crippen LogP contribution is -2.67. The van der Waals surface area contributed by atoms with Crippen LogP contribution in [-0.4, -0.2) is 72.6 Å². The number of imidazole rings is 1. The smallest absolute Gasteiger partial charge is 0.260 e. The van der Waals surface area contributed by atoms with E-state index in [1.54, 1.807) is 17.6 Å². The second kappa shape index (κ2) is 11.2. The van der Waals surface area contributed by atoms with Gasteiger partial charge < -0.3 is 9.30 Å². The summed E-state index contributed by atoms with van der Waals surface area (Å²) >= 11 is 0. The average Bonchev–Trinajstić information content (AvgIpc) is 3.21. The van der Waals surface area contributed by atoms with Gasteiger partial charge in [-0.2, -0.15) is 4.31 Å². The summed E-state index contributed by atoms with van der Waals surface area (Å²) in [6, 6.07) is 15.6. The first-order valence-electron chi connectivity index (χ1n) is 14.5. The van der Waals surface area contributed by atoms with Gasteiger partial charge in [0.2, 0.25) is 0 Å². The molecular weight excluding hydrogens is 520 g/mol. The molecule has 7 nitrogen and oxygen atoms in total. The van der Waals surface area contributed by atoms with Gasteiger partial charge in [0.05, 0.1) is 12.8 Å². The molecule has 3 aromatic rings. The number of ether oxygens (including phenoxy) is 1. The van der Waals surface area contributed by atoms with Gasteiger partial charge in [0.1, 0.15) is 5.82 Å². The topological polar surface area (TPSA) is 67.7 Å². The van der Waals surface area contributed by atoms with Crippen LogP contribution in [0.2, 0.25) is 0 Å². The summed E-state index contributed by atoms with van der Waals surface area (Å²) < 4.78 is 37.4. The Balaban J connectivity index is 1.30. The average molecular weight is 561 g/mol. The van der Waals surface area contributed by atoms with Crippen molar-refractivity contribution in [3.05, 3.63) is 83.3 Å². The molecule has 1 aromatic heterocycles. The fraction of sp³-hybridized carbons (Fsp3) is 0.469. The van der Waals surface area contributed by atoms with E-state index in [0.717, 1.165) is 38.1 Å². The highest BCUT2D eigenvalue weighted by Crippen LogP contribution is 2.43. The van der Waals surface area contributed by atoms with Crippen molar-refractivity contribution in [2.24, 2.45) is 0 Å². The Kier molecular flexibility index (Phi) is 7.70. The first kappa shape index (κ1) is 27.4. The third-order valence-electron chi connectivity index (χ3n) is 9.20. The summed E-state index contributed by atoms with van der Waals surface area (Å²) in [5, 5.41) is 0.340. The third kappa shape index (κ3) is 4.85. The van der Waals surface area contributed by atoms with E-state index in [1.807, 2.05) is 10.6 Å². The first-order valence-corrected chi connectivity index (χ1v) is 15.9. The molecule has 0 spiro atoms. The third-order valence-corrected chi connectivity index (χ3v) is 11.0. The molecule has 40 heavy (non-hydrogen) atoms. The maximum absolute atomic E-state index is 14.1.